The molecule has 0 N–H and O–H groups in total. The van der Waals surface area contributed by atoms with Crippen LogP contribution in [0.4, 0.5) is 0 Å². The van der Waals surface area contributed by atoms with Crippen molar-refractivity contribution in [2.45, 2.75) is 39.3 Å². The normalized spacial score (nSPS) is 11.0. The molecule has 0 aliphatic heterocycles. The average molecular weight is 335 g/mol. The van der Waals surface area contributed by atoms with Crippen LogP contribution in [0.5, 0.6) is 0 Å². The SMILES string of the molecule is C[Si](C)(C)c1ccccc1.C[Si](C)(C)c1ccccc1.P. The van der Waals surface area contributed by atoms with E-state index < -0.39 is 16.1 Å². The molecule has 0 bridgehead atoms. The zero-order chi connectivity index (χ0) is 15.2. The van der Waals surface area contributed by atoms with E-state index in [1.54, 1.807) is 0 Å². The first-order valence-electron chi connectivity index (χ1n) is 7.32. The molecule has 1 unspecified atom stereocenters. The van der Waals surface area contributed by atoms with Gasteiger partial charge in [-0.3, -0.25) is 0 Å². The Hall–Kier alpha value is -0.696. The molecule has 0 radical (unpaired) electrons. The van der Waals surface area contributed by atoms with Crippen molar-refractivity contribution in [1.82, 2.24) is 0 Å². The second kappa shape index (κ2) is 8.68. The molecule has 2 aromatic carbocycles. The van der Waals surface area contributed by atoms with Crippen LogP contribution < -0.4 is 10.4 Å². The smallest absolute Gasteiger partial charge is 0.0775 e. The fourth-order valence-electron chi connectivity index (χ4n) is 1.88. The van der Waals surface area contributed by atoms with Crippen LogP contribution in [0, 0.1) is 0 Å². The zero-order valence-corrected chi connectivity index (χ0v) is 17.9. The molecule has 2 aromatic rings. The number of hydrogen-bond donors (Lipinski definition) is 0. The van der Waals surface area contributed by atoms with Crippen molar-refractivity contribution in [1.29, 1.82) is 0 Å². The summed E-state index contributed by atoms with van der Waals surface area (Å²) in [6.07, 6.45) is 0. The molecule has 0 nitrogen and oxygen atoms in total. The van der Waals surface area contributed by atoms with Crippen molar-refractivity contribution in [3.63, 3.8) is 0 Å². The molecule has 2 rings (SSSR count). The van der Waals surface area contributed by atoms with Gasteiger partial charge in [-0.25, -0.2) is 0 Å². The Morgan fingerprint density at radius 3 is 0.857 bits per heavy atom. The van der Waals surface area contributed by atoms with Crippen molar-refractivity contribution in [3.05, 3.63) is 60.7 Å². The molecule has 21 heavy (non-hydrogen) atoms. The van der Waals surface area contributed by atoms with Gasteiger partial charge in [-0.2, -0.15) is 9.90 Å². The lowest BCUT2D eigenvalue weighted by Crippen LogP contribution is -2.37. The summed E-state index contributed by atoms with van der Waals surface area (Å²) in [6, 6.07) is 21.5. The van der Waals surface area contributed by atoms with E-state index >= 15 is 0 Å². The molecule has 116 valence electrons. The van der Waals surface area contributed by atoms with Crippen LogP contribution in [0.3, 0.4) is 0 Å². The molecule has 0 saturated carbocycles. The van der Waals surface area contributed by atoms with Gasteiger partial charge in [-0.1, -0.05) is 110 Å². The monoisotopic (exact) mass is 334 g/mol. The molecular formula is C18H31PSi2. The van der Waals surface area contributed by atoms with Gasteiger partial charge in [0.15, 0.2) is 0 Å². The fraction of sp³-hybridized carbons (Fsp3) is 0.333. The minimum Gasteiger partial charge on any atom is -0.153 e. The van der Waals surface area contributed by atoms with Crippen molar-refractivity contribution >= 4 is 36.4 Å². The number of rotatable bonds is 2. The van der Waals surface area contributed by atoms with Crippen LogP contribution in [-0.2, 0) is 0 Å². The van der Waals surface area contributed by atoms with Crippen LogP contribution in [0.25, 0.3) is 0 Å². The molecule has 0 aliphatic carbocycles. The van der Waals surface area contributed by atoms with Gasteiger partial charge in [0.05, 0.1) is 16.1 Å². The van der Waals surface area contributed by atoms with E-state index in [-0.39, 0.29) is 9.90 Å². The summed E-state index contributed by atoms with van der Waals surface area (Å²) in [7, 11) is -2.07. The standard InChI is InChI=1S/2C9H14Si.H3P/c2*1-10(2,3)9-7-5-4-6-8-9;/h2*4-8H,1-3H3;1H3. The Morgan fingerprint density at radius 2 is 0.714 bits per heavy atom. The Balaban J connectivity index is 0.000000364. The Morgan fingerprint density at radius 1 is 0.476 bits per heavy atom. The van der Waals surface area contributed by atoms with Crippen LogP contribution >= 0.6 is 9.90 Å². The summed E-state index contributed by atoms with van der Waals surface area (Å²) in [4.78, 5) is 0. The molecule has 0 aromatic heterocycles. The van der Waals surface area contributed by atoms with Crippen LogP contribution in [0.15, 0.2) is 60.7 Å². The Kier molecular flexibility index (Phi) is 8.39. The molecule has 0 amide bonds. The largest absolute Gasteiger partial charge is 0.153 e. The highest BCUT2D eigenvalue weighted by atomic mass is 31.0. The van der Waals surface area contributed by atoms with Crippen molar-refractivity contribution < 1.29 is 0 Å². The number of benzene rings is 2. The van der Waals surface area contributed by atoms with Crippen LogP contribution in [0.1, 0.15) is 0 Å². The first-order chi connectivity index (χ1) is 9.21. The summed E-state index contributed by atoms with van der Waals surface area (Å²) >= 11 is 0. The number of hydrogen-bond acceptors (Lipinski definition) is 0. The predicted molar refractivity (Wildman–Crippen MR) is 110 cm³/mol. The Labute approximate surface area is 136 Å². The first kappa shape index (κ1) is 20.3. The third-order valence-electron chi connectivity index (χ3n) is 3.28. The molecule has 0 spiro atoms. The van der Waals surface area contributed by atoms with E-state index in [4.69, 9.17) is 0 Å². The summed E-state index contributed by atoms with van der Waals surface area (Å²) in [5, 5.41) is 3.07. The molecule has 1 atom stereocenters. The molecule has 3 heteroatoms. The maximum absolute atomic E-state index is 2.36. The Bertz CT molecular complexity index is 447. The van der Waals surface area contributed by atoms with Gasteiger partial charge >= 0.3 is 0 Å². The van der Waals surface area contributed by atoms with Gasteiger partial charge in [-0.15, -0.1) is 0 Å². The fourth-order valence-corrected chi connectivity index (χ4v) is 4.26. The lowest BCUT2D eigenvalue weighted by atomic mass is 10.4. The van der Waals surface area contributed by atoms with Gasteiger partial charge < -0.3 is 0 Å². The summed E-state index contributed by atoms with van der Waals surface area (Å²) in [5.41, 5.74) is 0. The van der Waals surface area contributed by atoms with Crippen molar-refractivity contribution in [3.8, 4) is 0 Å². The van der Waals surface area contributed by atoms with Crippen LogP contribution in [0.2, 0.25) is 39.3 Å². The minimum absolute atomic E-state index is 0. The highest BCUT2D eigenvalue weighted by molar-refractivity contribution is 6.92. The molecule has 0 aliphatic rings. The van der Waals surface area contributed by atoms with Crippen molar-refractivity contribution in [2.75, 3.05) is 0 Å². The second-order valence-corrected chi connectivity index (χ2v) is 17.4. The molecule has 0 saturated heterocycles. The average Bonchev–Trinajstić information content (AvgIpc) is 2.40. The molecule has 0 heterocycles. The summed E-state index contributed by atoms with van der Waals surface area (Å²) in [5.74, 6) is 0. The van der Waals surface area contributed by atoms with E-state index in [1.807, 2.05) is 0 Å². The first-order valence-corrected chi connectivity index (χ1v) is 14.3. The van der Waals surface area contributed by atoms with E-state index in [2.05, 4.69) is 99.9 Å². The molecule has 0 fully saturated rings. The molecular weight excluding hydrogens is 303 g/mol. The van der Waals surface area contributed by atoms with E-state index in [0.717, 1.165) is 0 Å². The van der Waals surface area contributed by atoms with Crippen molar-refractivity contribution in [2.24, 2.45) is 0 Å². The van der Waals surface area contributed by atoms with Gasteiger partial charge in [0.2, 0.25) is 0 Å². The third kappa shape index (κ3) is 7.75. The predicted octanol–water partition coefficient (Wildman–Crippen LogP) is 4.52. The second-order valence-electron chi connectivity index (χ2n) is 7.23. The minimum atomic E-state index is -1.03. The van der Waals surface area contributed by atoms with Gasteiger partial charge in [0, 0.05) is 0 Å². The highest BCUT2D eigenvalue weighted by Gasteiger charge is 2.15. The lowest BCUT2D eigenvalue weighted by Gasteiger charge is -2.15. The summed E-state index contributed by atoms with van der Waals surface area (Å²) in [6.45, 7) is 14.2. The summed E-state index contributed by atoms with van der Waals surface area (Å²) < 4.78 is 0. The van der Waals surface area contributed by atoms with Gasteiger partial charge in [-0.05, 0) is 0 Å². The van der Waals surface area contributed by atoms with Gasteiger partial charge in [0.1, 0.15) is 0 Å². The van der Waals surface area contributed by atoms with E-state index in [1.165, 1.54) is 10.4 Å². The van der Waals surface area contributed by atoms with E-state index in [0.29, 0.717) is 0 Å². The lowest BCUT2D eigenvalue weighted by molar-refractivity contribution is 1.68. The van der Waals surface area contributed by atoms with E-state index in [9.17, 15) is 0 Å². The van der Waals surface area contributed by atoms with Crippen LogP contribution in [-0.4, -0.2) is 16.1 Å². The third-order valence-corrected chi connectivity index (χ3v) is 7.41. The quantitative estimate of drug-likeness (QED) is 0.559. The maximum Gasteiger partial charge on any atom is 0.0775 e. The topological polar surface area (TPSA) is 0 Å². The van der Waals surface area contributed by atoms with Gasteiger partial charge in [0.25, 0.3) is 0 Å². The zero-order valence-electron chi connectivity index (χ0n) is 14.5. The maximum atomic E-state index is 2.36. The highest BCUT2D eigenvalue weighted by Crippen LogP contribution is 2.01.